The van der Waals surface area contributed by atoms with Gasteiger partial charge in [0, 0.05) is 4.75 Å². The van der Waals surface area contributed by atoms with Crippen LogP contribution >= 0.6 is 12.6 Å². The fourth-order valence-electron chi connectivity index (χ4n) is 1.30. The topological polar surface area (TPSA) is 20.2 Å². The van der Waals surface area contributed by atoms with Crippen molar-refractivity contribution < 1.29 is 5.11 Å². The summed E-state index contributed by atoms with van der Waals surface area (Å²) in [5.41, 5.74) is 0. The standard InChI is InChI=1S/C7H14OS/c1-7(9)5-3-2-4-6(7)8/h6,8-9H,2-5H2,1H3/t6-,7-/m1/s1. The van der Waals surface area contributed by atoms with Crippen LogP contribution in [0.5, 0.6) is 0 Å². The van der Waals surface area contributed by atoms with Crippen LogP contribution in [-0.2, 0) is 0 Å². The zero-order chi connectivity index (χ0) is 6.91. The maximum Gasteiger partial charge on any atom is 0.0681 e. The van der Waals surface area contributed by atoms with E-state index in [4.69, 9.17) is 0 Å². The largest absolute Gasteiger partial charge is 0.392 e. The molecule has 0 unspecified atom stereocenters. The molecule has 1 N–H and O–H groups in total. The summed E-state index contributed by atoms with van der Waals surface area (Å²) >= 11 is 4.36. The van der Waals surface area contributed by atoms with Crippen LogP contribution in [0.4, 0.5) is 0 Å². The molecule has 1 nitrogen and oxygen atoms in total. The molecule has 0 aromatic rings. The van der Waals surface area contributed by atoms with E-state index in [1.807, 2.05) is 6.92 Å². The molecule has 1 fully saturated rings. The molecule has 2 atom stereocenters. The van der Waals surface area contributed by atoms with Gasteiger partial charge in [-0.25, -0.2) is 0 Å². The van der Waals surface area contributed by atoms with E-state index in [0.29, 0.717) is 0 Å². The SMILES string of the molecule is C[C@@]1(S)CCCC[C@H]1O. The predicted octanol–water partition coefficient (Wildman–Crippen LogP) is 1.61. The first kappa shape index (κ1) is 7.42. The Morgan fingerprint density at radius 3 is 2.56 bits per heavy atom. The molecule has 1 aliphatic carbocycles. The summed E-state index contributed by atoms with van der Waals surface area (Å²) in [6.07, 6.45) is 4.18. The molecule has 0 saturated heterocycles. The lowest BCUT2D eigenvalue weighted by atomic mass is 9.87. The number of hydrogen-bond acceptors (Lipinski definition) is 2. The van der Waals surface area contributed by atoms with Crippen LogP contribution in [0.15, 0.2) is 0 Å². The third-order valence-electron chi connectivity index (χ3n) is 2.13. The average molecular weight is 146 g/mol. The Morgan fingerprint density at radius 1 is 1.56 bits per heavy atom. The predicted molar refractivity (Wildman–Crippen MR) is 41.9 cm³/mol. The Labute approximate surface area is 61.9 Å². The summed E-state index contributed by atoms with van der Waals surface area (Å²) in [4.78, 5) is 0. The number of thiol groups is 1. The molecule has 0 bridgehead atoms. The fraction of sp³-hybridized carbons (Fsp3) is 1.00. The zero-order valence-corrected chi connectivity index (χ0v) is 6.69. The number of rotatable bonds is 0. The van der Waals surface area contributed by atoms with Crippen molar-refractivity contribution in [2.45, 2.75) is 43.5 Å². The van der Waals surface area contributed by atoms with Gasteiger partial charge in [0.05, 0.1) is 6.10 Å². The van der Waals surface area contributed by atoms with E-state index >= 15 is 0 Å². The second kappa shape index (κ2) is 2.51. The first-order valence-electron chi connectivity index (χ1n) is 3.53. The lowest BCUT2D eigenvalue weighted by molar-refractivity contribution is 0.0991. The normalized spacial score (nSPS) is 45.0. The van der Waals surface area contributed by atoms with Crippen LogP contribution in [0.2, 0.25) is 0 Å². The van der Waals surface area contributed by atoms with Crippen molar-refractivity contribution in [3.63, 3.8) is 0 Å². The fourth-order valence-corrected chi connectivity index (χ4v) is 1.59. The van der Waals surface area contributed by atoms with Crippen molar-refractivity contribution >= 4 is 12.6 Å². The molecule has 9 heavy (non-hydrogen) atoms. The minimum atomic E-state index is -0.186. The van der Waals surface area contributed by atoms with Gasteiger partial charge in [-0.1, -0.05) is 12.8 Å². The monoisotopic (exact) mass is 146 g/mol. The van der Waals surface area contributed by atoms with Gasteiger partial charge in [-0.15, -0.1) is 0 Å². The van der Waals surface area contributed by atoms with Gasteiger partial charge >= 0.3 is 0 Å². The van der Waals surface area contributed by atoms with Gasteiger partial charge in [0.2, 0.25) is 0 Å². The van der Waals surface area contributed by atoms with E-state index < -0.39 is 0 Å². The van der Waals surface area contributed by atoms with E-state index in [1.54, 1.807) is 0 Å². The third kappa shape index (κ3) is 1.62. The Hall–Kier alpha value is 0.310. The van der Waals surface area contributed by atoms with Crippen molar-refractivity contribution in [2.24, 2.45) is 0 Å². The quantitative estimate of drug-likeness (QED) is 0.497. The van der Waals surface area contributed by atoms with Gasteiger partial charge in [0.25, 0.3) is 0 Å². The van der Waals surface area contributed by atoms with Crippen LogP contribution in [0.3, 0.4) is 0 Å². The van der Waals surface area contributed by atoms with Gasteiger partial charge < -0.3 is 5.11 Å². The minimum Gasteiger partial charge on any atom is -0.392 e. The molecular weight excluding hydrogens is 132 g/mol. The number of aliphatic hydroxyl groups is 1. The Balaban J connectivity index is 2.49. The van der Waals surface area contributed by atoms with E-state index in [0.717, 1.165) is 19.3 Å². The molecule has 0 heterocycles. The molecule has 0 spiro atoms. The second-order valence-electron chi connectivity index (χ2n) is 3.12. The minimum absolute atomic E-state index is 0.113. The van der Waals surface area contributed by atoms with Gasteiger partial charge in [-0.3, -0.25) is 0 Å². The Morgan fingerprint density at radius 2 is 2.22 bits per heavy atom. The van der Waals surface area contributed by atoms with Crippen molar-refractivity contribution in [3.8, 4) is 0 Å². The Bertz CT molecular complexity index is 101. The highest BCUT2D eigenvalue weighted by Crippen LogP contribution is 2.32. The van der Waals surface area contributed by atoms with Crippen molar-refractivity contribution in [3.05, 3.63) is 0 Å². The second-order valence-corrected chi connectivity index (χ2v) is 4.14. The molecule has 0 aromatic heterocycles. The molecule has 0 amide bonds. The molecule has 2 heteroatoms. The summed E-state index contributed by atoms with van der Waals surface area (Å²) < 4.78 is -0.113. The maximum atomic E-state index is 9.36. The molecule has 0 radical (unpaired) electrons. The van der Waals surface area contributed by atoms with E-state index in [9.17, 15) is 5.11 Å². The van der Waals surface area contributed by atoms with Crippen LogP contribution in [0.1, 0.15) is 32.6 Å². The average Bonchev–Trinajstić information content (AvgIpc) is 1.77. The highest BCUT2D eigenvalue weighted by atomic mass is 32.1. The highest BCUT2D eigenvalue weighted by Gasteiger charge is 2.31. The third-order valence-corrected chi connectivity index (χ3v) is 2.65. The lowest BCUT2D eigenvalue weighted by Crippen LogP contribution is -2.36. The van der Waals surface area contributed by atoms with Gasteiger partial charge in [0.1, 0.15) is 0 Å². The number of aliphatic hydroxyl groups excluding tert-OH is 1. The first-order chi connectivity index (χ1) is 4.13. The van der Waals surface area contributed by atoms with E-state index in [2.05, 4.69) is 12.6 Å². The van der Waals surface area contributed by atoms with Crippen molar-refractivity contribution in [1.82, 2.24) is 0 Å². The first-order valence-corrected chi connectivity index (χ1v) is 3.98. The molecule has 0 aliphatic heterocycles. The smallest absolute Gasteiger partial charge is 0.0681 e. The van der Waals surface area contributed by atoms with Crippen molar-refractivity contribution in [2.75, 3.05) is 0 Å². The molecule has 1 aliphatic rings. The highest BCUT2D eigenvalue weighted by molar-refractivity contribution is 7.81. The maximum absolute atomic E-state index is 9.36. The van der Waals surface area contributed by atoms with E-state index in [-0.39, 0.29) is 10.9 Å². The molecule has 1 saturated carbocycles. The summed E-state index contributed by atoms with van der Waals surface area (Å²) in [5, 5.41) is 9.36. The van der Waals surface area contributed by atoms with Crippen LogP contribution in [0, 0.1) is 0 Å². The van der Waals surface area contributed by atoms with E-state index in [1.165, 1.54) is 6.42 Å². The zero-order valence-electron chi connectivity index (χ0n) is 5.80. The molecule has 54 valence electrons. The Kier molecular flexibility index (Phi) is 2.07. The van der Waals surface area contributed by atoms with Crippen LogP contribution < -0.4 is 0 Å². The molecule has 1 rings (SSSR count). The van der Waals surface area contributed by atoms with Gasteiger partial charge in [-0.05, 0) is 19.8 Å². The van der Waals surface area contributed by atoms with Crippen LogP contribution in [-0.4, -0.2) is 16.0 Å². The summed E-state index contributed by atoms with van der Waals surface area (Å²) in [6, 6.07) is 0. The van der Waals surface area contributed by atoms with Gasteiger partial charge in [-0.2, -0.15) is 12.6 Å². The van der Waals surface area contributed by atoms with Crippen molar-refractivity contribution in [1.29, 1.82) is 0 Å². The lowest BCUT2D eigenvalue weighted by Gasteiger charge is -2.33. The summed E-state index contributed by atoms with van der Waals surface area (Å²) in [7, 11) is 0. The van der Waals surface area contributed by atoms with Crippen LogP contribution in [0.25, 0.3) is 0 Å². The number of hydrogen-bond donors (Lipinski definition) is 2. The van der Waals surface area contributed by atoms with Gasteiger partial charge in [0.15, 0.2) is 0 Å². The summed E-state index contributed by atoms with van der Waals surface area (Å²) in [5.74, 6) is 0. The molecular formula is C7H14OS. The molecule has 0 aromatic carbocycles. The summed E-state index contributed by atoms with van der Waals surface area (Å²) in [6.45, 7) is 2.01.